The van der Waals surface area contributed by atoms with Gasteiger partial charge in [0.1, 0.15) is 24.4 Å². The molecule has 1 rings (SSSR count). The predicted octanol–water partition coefficient (Wildman–Crippen LogP) is 5.30. The first-order chi connectivity index (χ1) is 15.2. The van der Waals surface area contributed by atoms with Crippen molar-refractivity contribution < 1.29 is 24.8 Å². The Morgan fingerprint density at radius 1 is 0.774 bits per heavy atom. The molecule has 184 valence electrons. The van der Waals surface area contributed by atoms with E-state index in [1.165, 1.54) is 89.9 Å². The van der Waals surface area contributed by atoms with Crippen LogP contribution in [0.3, 0.4) is 0 Å². The lowest BCUT2D eigenvalue weighted by molar-refractivity contribution is -0.210. The highest BCUT2D eigenvalue weighted by molar-refractivity contribution is 4.87. The Labute approximate surface area is 191 Å². The van der Waals surface area contributed by atoms with Crippen molar-refractivity contribution in [1.29, 1.82) is 0 Å². The first kappa shape index (κ1) is 28.6. The second-order valence-electron chi connectivity index (χ2n) is 9.09. The molecule has 0 amide bonds. The fourth-order valence-corrected chi connectivity index (χ4v) is 4.15. The molecule has 0 aliphatic carbocycles. The van der Waals surface area contributed by atoms with Gasteiger partial charge in [0.25, 0.3) is 0 Å². The predicted molar refractivity (Wildman–Crippen MR) is 127 cm³/mol. The van der Waals surface area contributed by atoms with Crippen LogP contribution in [0.2, 0.25) is 0 Å². The number of rotatable bonds is 20. The third kappa shape index (κ3) is 14.3. The standard InChI is InChI=1S/C26H50O5/c1-2-3-4-5-6-7-8-9-10-11-12-13-14-15-16-17-18-19-20-30-26-23(28)22-31-24(21-27)25(26)29/h11-12,23-29H,2-10,13-22H2,1H3/b12-11+/t23-,24+,25+,26+/m0/s1. The van der Waals surface area contributed by atoms with Gasteiger partial charge < -0.3 is 24.8 Å². The molecule has 0 unspecified atom stereocenters. The molecule has 0 saturated carbocycles. The van der Waals surface area contributed by atoms with Gasteiger partial charge in [-0.05, 0) is 32.1 Å². The minimum Gasteiger partial charge on any atom is -0.394 e. The fraction of sp³-hybridized carbons (Fsp3) is 0.923. The Morgan fingerprint density at radius 3 is 1.84 bits per heavy atom. The number of hydrogen-bond donors (Lipinski definition) is 3. The lowest BCUT2D eigenvalue weighted by atomic mass is 10.0. The maximum absolute atomic E-state index is 10.1. The lowest BCUT2D eigenvalue weighted by Crippen LogP contribution is -2.55. The van der Waals surface area contributed by atoms with Gasteiger partial charge in [-0.2, -0.15) is 0 Å². The molecule has 4 atom stereocenters. The maximum atomic E-state index is 10.1. The molecule has 31 heavy (non-hydrogen) atoms. The Bertz CT molecular complexity index is 415. The van der Waals surface area contributed by atoms with Crippen molar-refractivity contribution in [2.75, 3.05) is 19.8 Å². The molecule has 0 bridgehead atoms. The van der Waals surface area contributed by atoms with Crippen LogP contribution >= 0.6 is 0 Å². The molecule has 1 aliphatic heterocycles. The summed E-state index contributed by atoms with van der Waals surface area (Å²) in [6, 6.07) is 0. The lowest BCUT2D eigenvalue weighted by Gasteiger charge is -2.37. The van der Waals surface area contributed by atoms with E-state index in [9.17, 15) is 15.3 Å². The zero-order valence-electron chi connectivity index (χ0n) is 20.1. The molecule has 5 nitrogen and oxygen atoms in total. The second kappa shape index (κ2) is 20.2. The molecule has 1 fully saturated rings. The van der Waals surface area contributed by atoms with Crippen LogP contribution in [0.5, 0.6) is 0 Å². The molecule has 0 aromatic rings. The largest absolute Gasteiger partial charge is 0.394 e. The van der Waals surface area contributed by atoms with E-state index in [0.717, 1.165) is 12.8 Å². The van der Waals surface area contributed by atoms with E-state index >= 15 is 0 Å². The molecule has 1 saturated heterocycles. The molecule has 0 spiro atoms. The number of aliphatic hydroxyl groups excluding tert-OH is 3. The number of hydrogen-bond acceptors (Lipinski definition) is 5. The smallest absolute Gasteiger partial charge is 0.114 e. The molecular formula is C26H50O5. The van der Waals surface area contributed by atoms with E-state index in [1.807, 2.05) is 0 Å². The first-order valence-corrected chi connectivity index (χ1v) is 13.1. The van der Waals surface area contributed by atoms with Crippen molar-refractivity contribution in [3.63, 3.8) is 0 Å². The summed E-state index contributed by atoms with van der Waals surface area (Å²) in [5.41, 5.74) is 0. The Morgan fingerprint density at radius 2 is 1.29 bits per heavy atom. The normalized spacial score (nSPS) is 24.3. The van der Waals surface area contributed by atoms with Gasteiger partial charge in [0.15, 0.2) is 0 Å². The summed E-state index contributed by atoms with van der Waals surface area (Å²) < 4.78 is 10.9. The first-order valence-electron chi connectivity index (χ1n) is 13.1. The van der Waals surface area contributed by atoms with Crippen molar-refractivity contribution >= 4 is 0 Å². The van der Waals surface area contributed by atoms with Gasteiger partial charge in [-0.1, -0.05) is 89.7 Å². The van der Waals surface area contributed by atoms with Crippen LogP contribution in [-0.2, 0) is 9.47 Å². The number of ether oxygens (including phenoxy) is 2. The van der Waals surface area contributed by atoms with E-state index in [0.29, 0.717) is 6.61 Å². The molecule has 0 aromatic heterocycles. The molecule has 0 aromatic carbocycles. The molecule has 0 radical (unpaired) electrons. The van der Waals surface area contributed by atoms with E-state index in [-0.39, 0.29) is 13.2 Å². The van der Waals surface area contributed by atoms with Crippen LogP contribution in [0, 0.1) is 0 Å². The zero-order chi connectivity index (χ0) is 22.6. The van der Waals surface area contributed by atoms with Crippen molar-refractivity contribution in [2.45, 2.75) is 134 Å². The van der Waals surface area contributed by atoms with Crippen LogP contribution in [-0.4, -0.2) is 59.6 Å². The second-order valence-corrected chi connectivity index (χ2v) is 9.09. The molecule has 5 heteroatoms. The minimum atomic E-state index is -0.975. The summed E-state index contributed by atoms with van der Waals surface area (Å²) in [6.07, 6.45) is 22.2. The third-order valence-corrected chi connectivity index (χ3v) is 6.22. The molecule has 3 N–H and O–H groups in total. The minimum absolute atomic E-state index is 0.0977. The van der Waals surface area contributed by atoms with Gasteiger partial charge in [0, 0.05) is 6.61 Å². The van der Waals surface area contributed by atoms with Crippen LogP contribution in [0.15, 0.2) is 12.2 Å². The quantitative estimate of drug-likeness (QED) is 0.176. The highest BCUT2D eigenvalue weighted by Crippen LogP contribution is 2.19. The van der Waals surface area contributed by atoms with E-state index in [4.69, 9.17) is 9.47 Å². The van der Waals surface area contributed by atoms with Gasteiger partial charge in [0.05, 0.1) is 13.2 Å². The van der Waals surface area contributed by atoms with Gasteiger partial charge in [-0.15, -0.1) is 0 Å². The third-order valence-electron chi connectivity index (χ3n) is 6.22. The SMILES string of the molecule is CCCCCCCCCC/C=C/CCCCCCCCO[C@H]1[C@H](O)[C@@H](CO)OC[C@@H]1O. The van der Waals surface area contributed by atoms with Gasteiger partial charge in [-0.25, -0.2) is 0 Å². The molecule has 1 aliphatic rings. The monoisotopic (exact) mass is 442 g/mol. The van der Waals surface area contributed by atoms with Crippen LogP contribution in [0.4, 0.5) is 0 Å². The van der Waals surface area contributed by atoms with Crippen LogP contribution in [0.25, 0.3) is 0 Å². The van der Waals surface area contributed by atoms with Crippen LogP contribution in [0.1, 0.15) is 110 Å². The van der Waals surface area contributed by atoms with Gasteiger partial charge in [-0.3, -0.25) is 0 Å². The maximum Gasteiger partial charge on any atom is 0.114 e. The average molecular weight is 443 g/mol. The molecule has 1 heterocycles. The van der Waals surface area contributed by atoms with E-state index in [2.05, 4.69) is 19.1 Å². The van der Waals surface area contributed by atoms with Crippen molar-refractivity contribution in [2.24, 2.45) is 0 Å². The topological polar surface area (TPSA) is 79.2 Å². The summed E-state index contributed by atoms with van der Waals surface area (Å²) in [5, 5.41) is 29.2. The summed E-state index contributed by atoms with van der Waals surface area (Å²) in [6.45, 7) is 2.63. The molecular weight excluding hydrogens is 392 g/mol. The summed E-state index contributed by atoms with van der Waals surface area (Å²) in [4.78, 5) is 0. The zero-order valence-corrected chi connectivity index (χ0v) is 20.1. The Kier molecular flexibility index (Phi) is 18.6. The number of aliphatic hydroxyl groups is 3. The summed E-state index contributed by atoms with van der Waals surface area (Å²) in [7, 11) is 0. The Balaban J connectivity index is 1.84. The number of unbranched alkanes of at least 4 members (excludes halogenated alkanes) is 14. The van der Waals surface area contributed by atoms with Gasteiger partial charge >= 0.3 is 0 Å². The van der Waals surface area contributed by atoms with Crippen molar-refractivity contribution in [3.05, 3.63) is 12.2 Å². The average Bonchev–Trinajstić information content (AvgIpc) is 2.77. The highest BCUT2D eigenvalue weighted by Gasteiger charge is 2.38. The fourth-order valence-electron chi connectivity index (χ4n) is 4.15. The Hall–Kier alpha value is -0.460. The number of allylic oxidation sites excluding steroid dienone is 2. The van der Waals surface area contributed by atoms with Crippen molar-refractivity contribution in [1.82, 2.24) is 0 Å². The summed E-state index contributed by atoms with van der Waals surface area (Å²) in [5.74, 6) is 0. The summed E-state index contributed by atoms with van der Waals surface area (Å²) >= 11 is 0. The highest BCUT2D eigenvalue weighted by atomic mass is 16.6. The van der Waals surface area contributed by atoms with E-state index in [1.54, 1.807) is 0 Å². The van der Waals surface area contributed by atoms with Crippen LogP contribution < -0.4 is 0 Å². The van der Waals surface area contributed by atoms with Gasteiger partial charge in [0.2, 0.25) is 0 Å². The van der Waals surface area contributed by atoms with E-state index < -0.39 is 24.4 Å². The van der Waals surface area contributed by atoms with Crippen molar-refractivity contribution in [3.8, 4) is 0 Å².